The molecule has 3 N–H and O–H groups in total. The van der Waals surface area contributed by atoms with Gasteiger partial charge in [0.15, 0.2) is 0 Å². The molecule has 1 amide bonds. The Kier molecular flexibility index (Phi) is 8.11. The average molecular weight is 483 g/mol. The Bertz CT molecular complexity index is 1020. The van der Waals surface area contributed by atoms with Crippen molar-refractivity contribution in [3.8, 4) is 0 Å². The first-order chi connectivity index (χ1) is 16.5. The maximum atomic E-state index is 13.2. The van der Waals surface area contributed by atoms with Gasteiger partial charge in [-0.05, 0) is 79.3 Å². The second-order valence-corrected chi connectivity index (χ2v) is 9.87. The van der Waals surface area contributed by atoms with Gasteiger partial charge < -0.3 is 11.1 Å². The van der Waals surface area contributed by atoms with Crippen LogP contribution in [0.3, 0.4) is 0 Å². The van der Waals surface area contributed by atoms with E-state index in [1.54, 1.807) is 0 Å². The van der Waals surface area contributed by atoms with Gasteiger partial charge in [0.05, 0.1) is 0 Å². The molecule has 180 valence electrons. The Morgan fingerprint density at radius 3 is 2.50 bits per heavy atom. The second-order valence-electron chi connectivity index (χ2n) is 9.46. The number of nitrogens with one attached hydrogen (secondary N) is 1. The molecule has 7 heteroatoms. The SMILES string of the molecule is N=Cc1cc(Cl)c(C2CCC(N3CC(F)C3)CC2)cc1/C=C/C1C[C@H]1c1ccccn1.NC=O. The van der Waals surface area contributed by atoms with Crippen LogP contribution in [-0.2, 0) is 4.79 Å². The molecule has 2 aromatic rings. The summed E-state index contributed by atoms with van der Waals surface area (Å²) in [6, 6.07) is 10.8. The molecule has 34 heavy (non-hydrogen) atoms. The van der Waals surface area contributed by atoms with Crippen LogP contribution in [0.15, 0.2) is 42.6 Å². The summed E-state index contributed by atoms with van der Waals surface area (Å²) in [5.74, 6) is 1.47. The molecule has 2 heterocycles. The lowest BCUT2D eigenvalue weighted by molar-refractivity contribution is -0.106. The Labute approximate surface area is 205 Å². The highest BCUT2D eigenvalue weighted by Gasteiger charge is 2.37. The van der Waals surface area contributed by atoms with Gasteiger partial charge in [-0.2, -0.15) is 0 Å². The van der Waals surface area contributed by atoms with Crippen LogP contribution in [0.2, 0.25) is 5.02 Å². The van der Waals surface area contributed by atoms with Crippen LogP contribution in [0.5, 0.6) is 0 Å². The Hall–Kier alpha value is -2.57. The fraction of sp³-hybridized carbons (Fsp3) is 0.444. The van der Waals surface area contributed by atoms with Gasteiger partial charge in [0, 0.05) is 53.7 Å². The average Bonchev–Trinajstić information content (AvgIpc) is 3.62. The standard InChI is InChI=1S/C26H29ClFN3.CH3NO/c27-25-13-20(14-29)18(4-5-19-12-24(19)26-3-1-2-10-30-26)11-23(25)17-6-8-22(9-7-17)31-15-21(28)16-31;2-1-3/h1-5,10-11,13-14,17,19,21-22,24,29H,6-9,12,15-16H2;1H,(H2,2,3)/b5-4+,29-14?;/t17?,19?,22?,24-;/m1./s1. The molecular formula is C27H32ClFN4O. The van der Waals surface area contributed by atoms with Crippen LogP contribution in [0.25, 0.3) is 6.08 Å². The van der Waals surface area contributed by atoms with Crippen molar-refractivity contribution >= 4 is 30.3 Å². The van der Waals surface area contributed by atoms with E-state index in [2.05, 4.69) is 39.9 Å². The first-order valence-electron chi connectivity index (χ1n) is 12.0. The number of halogens is 2. The van der Waals surface area contributed by atoms with Crippen LogP contribution in [0.1, 0.15) is 66.3 Å². The summed E-state index contributed by atoms with van der Waals surface area (Å²) in [5.41, 5.74) is 8.48. The number of amides is 1. The number of allylic oxidation sites excluding steroid dienone is 1. The third-order valence-corrected chi connectivity index (χ3v) is 7.63. The predicted octanol–water partition coefficient (Wildman–Crippen LogP) is 5.33. The maximum absolute atomic E-state index is 13.2. The first kappa shape index (κ1) is 24.6. The van der Waals surface area contributed by atoms with E-state index in [1.807, 2.05) is 24.4 Å². The van der Waals surface area contributed by atoms with Gasteiger partial charge in [-0.25, -0.2) is 4.39 Å². The number of primary amides is 1. The number of hydrogen-bond donors (Lipinski definition) is 2. The van der Waals surface area contributed by atoms with E-state index in [1.165, 1.54) is 17.5 Å². The van der Waals surface area contributed by atoms with Gasteiger partial charge in [-0.15, -0.1) is 0 Å². The molecule has 1 aromatic heterocycles. The monoisotopic (exact) mass is 482 g/mol. The largest absolute Gasteiger partial charge is 0.372 e. The lowest BCUT2D eigenvalue weighted by atomic mass is 9.79. The van der Waals surface area contributed by atoms with Gasteiger partial charge in [0.1, 0.15) is 6.17 Å². The molecule has 2 atom stereocenters. The van der Waals surface area contributed by atoms with Crippen LogP contribution in [0, 0.1) is 11.3 Å². The van der Waals surface area contributed by atoms with Crippen molar-refractivity contribution in [3.63, 3.8) is 0 Å². The zero-order valence-corrected chi connectivity index (χ0v) is 20.0. The highest BCUT2D eigenvalue weighted by molar-refractivity contribution is 6.31. The molecule has 1 saturated heterocycles. The lowest BCUT2D eigenvalue weighted by Crippen LogP contribution is -2.54. The van der Waals surface area contributed by atoms with Crippen LogP contribution < -0.4 is 5.73 Å². The summed E-state index contributed by atoms with van der Waals surface area (Å²) in [6.07, 6.45) is 12.9. The van der Waals surface area contributed by atoms with E-state index in [-0.39, 0.29) is 6.41 Å². The summed E-state index contributed by atoms with van der Waals surface area (Å²) < 4.78 is 13.2. The molecule has 2 aliphatic carbocycles. The molecule has 0 spiro atoms. The van der Waals surface area contributed by atoms with Crippen molar-refractivity contribution in [1.29, 1.82) is 5.41 Å². The number of alkyl halides is 1. The number of rotatable bonds is 6. The van der Waals surface area contributed by atoms with Gasteiger partial charge in [-0.1, -0.05) is 29.8 Å². The van der Waals surface area contributed by atoms with Crippen molar-refractivity contribution in [2.24, 2.45) is 11.7 Å². The maximum Gasteiger partial charge on any atom is 0.204 e. The van der Waals surface area contributed by atoms with E-state index in [0.29, 0.717) is 36.9 Å². The van der Waals surface area contributed by atoms with Crippen molar-refractivity contribution in [3.05, 3.63) is 70.0 Å². The van der Waals surface area contributed by atoms with Crippen molar-refractivity contribution < 1.29 is 9.18 Å². The van der Waals surface area contributed by atoms with Crippen molar-refractivity contribution in [1.82, 2.24) is 9.88 Å². The predicted molar refractivity (Wildman–Crippen MR) is 135 cm³/mol. The number of aromatic nitrogens is 1. The number of carbonyl (C=O) groups is 1. The minimum atomic E-state index is -0.626. The van der Waals surface area contributed by atoms with Gasteiger partial charge >= 0.3 is 0 Å². The van der Waals surface area contributed by atoms with E-state index < -0.39 is 6.17 Å². The highest BCUT2D eigenvalue weighted by Crippen LogP contribution is 2.48. The first-order valence-corrected chi connectivity index (χ1v) is 12.4. The number of benzene rings is 1. The zero-order chi connectivity index (χ0) is 24.1. The molecular weight excluding hydrogens is 451 g/mol. The molecule has 0 bridgehead atoms. The number of nitrogens with zero attached hydrogens (tertiary/aromatic N) is 2. The van der Waals surface area contributed by atoms with Crippen molar-refractivity contribution in [2.45, 2.75) is 56.2 Å². The molecule has 3 fully saturated rings. The summed E-state index contributed by atoms with van der Waals surface area (Å²) in [4.78, 5) is 15.4. The van der Waals surface area contributed by atoms with Crippen LogP contribution >= 0.6 is 11.6 Å². The molecule has 5 rings (SSSR count). The Balaban J connectivity index is 0.000000868. The van der Waals surface area contributed by atoms with Crippen molar-refractivity contribution in [2.75, 3.05) is 13.1 Å². The number of likely N-dealkylation sites (tertiary alicyclic amines) is 1. The van der Waals surface area contributed by atoms with E-state index >= 15 is 0 Å². The van der Waals surface area contributed by atoms with E-state index in [9.17, 15) is 4.39 Å². The molecule has 5 nitrogen and oxygen atoms in total. The van der Waals surface area contributed by atoms with Gasteiger partial charge in [0.25, 0.3) is 0 Å². The summed E-state index contributed by atoms with van der Waals surface area (Å²) in [7, 11) is 0. The zero-order valence-electron chi connectivity index (χ0n) is 19.2. The van der Waals surface area contributed by atoms with E-state index in [0.717, 1.165) is 48.3 Å². The lowest BCUT2D eigenvalue weighted by Gasteiger charge is -2.43. The minimum absolute atomic E-state index is 0.250. The van der Waals surface area contributed by atoms with Crippen LogP contribution in [0.4, 0.5) is 4.39 Å². The van der Waals surface area contributed by atoms with Crippen LogP contribution in [-0.4, -0.2) is 47.8 Å². The third kappa shape index (κ3) is 5.73. The third-order valence-electron chi connectivity index (χ3n) is 7.31. The Morgan fingerprint density at radius 1 is 1.15 bits per heavy atom. The summed E-state index contributed by atoms with van der Waals surface area (Å²) in [6.45, 7) is 1.22. The number of nitrogens with two attached hydrogens (primary N) is 1. The quantitative estimate of drug-likeness (QED) is 0.431. The molecule has 1 aliphatic heterocycles. The fourth-order valence-electron chi connectivity index (χ4n) is 5.30. The minimum Gasteiger partial charge on any atom is -0.372 e. The molecule has 3 aliphatic rings. The number of carbonyl (C=O) groups excluding carboxylic acids is 1. The smallest absolute Gasteiger partial charge is 0.204 e. The molecule has 1 aromatic carbocycles. The topological polar surface area (TPSA) is 83.1 Å². The van der Waals surface area contributed by atoms with E-state index in [4.69, 9.17) is 21.8 Å². The molecule has 1 unspecified atom stereocenters. The molecule has 0 radical (unpaired) electrons. The van der Waals surface area contributed by atoms with Gasteiger partial charge in [-0.3, -0.25) is 14.7 Å². The molecule has 2 saturated carbocycles. The second kappa shape index (κ2) is 11.2. The summed E-state index contributed by atoms with van der Waals surface area (Å²) >= 11 is 6.65. The highest BCUT2D eigenvalue weighted by atomic mass is 35.5. The fourth-order valence-corrected chi connectivity index (χ4v) is 5.63. The normalized spacial score (nSPS) is 26.9. The number of pyridine rings is 1. The van der Waals surface area contributed by atoms with Gasteiger partial charge in [0.2, 0.25) is 6.41 Å². The Morgan fingerprint density at radius 2 is 1.88 bits per heavy atom. The number of hydrogen-bond acceptors (Lipinski definition) is 4. The summed E-state index contributed by atoms with van der Waals surface area (Å²) in [5, 5.41) is 8.59.